The van der Waals surface area contributed by atoms with Crippen LogP contribution in [0.2, 0.25) is 0 Å². The number of hydrogen-bond acceptors (Lipinski definition) is 7. The first-order valence-electron chi connectivity index (χ1n) is 11.7. The van der Waals surface area contributed by atoms with Crippen LogP contribution in [0, 0.1) is 25.2 Å². The van der Waals surface area contributed by atoms with Gasteiger partial charge in [0, 0.05) is 5.69 Å². The number of anilines is 1. The molecule has 0 aliphatic carbocycles. The van der Waals surface area contributed by atoms with Gasteiger partial charge in [-0.1, -0.05) is 29.3 Å². The Labute approximate surface area is 217 Å². The minimum atomic E-state index is -1.44. The summed E-state index contributed by atoms with van der Waals surface area (Å²) in [7, 11) is 1.53. The number of nitrogens with one attached hydrogen (secondary N) is 2. The zero-order chi connectivity index (χ0) is 27.8. The van der Waals surface area contributed by atoms with Crippen molar-refractivity contribution in [3.05, 3.63) is 59.2 Å². The lowest BCUT2D eigenvalue weighted by atomic mass is 9.98. The van der Waals surface area contributed by atoms with E-state index in [1.807, 2.05) is 26.0 Å². The third-order valence-corrected chi connectivity index (χ3v) is 5.17. The quantitative estimate of drug-likeness (QED) is 0.440. The molecule has 0 radical (unpaired) electrons. The van der Waals surface area contributed by atoms with Gasteiger partial charge in [-0.15, -0.1) is 0 Å². The molecule has 2 aromatic carbocycles. The summed E-state index contributed by atoms with van der Waals surface area (Å²) >= 11 is 0. The van der Waals surface area contributed by atoms with Crippen LogP contribution >= 0.6 is 0 Å². The Morgan fingerprint density at radius 2 is 1.68 bits per heavy atom. The number of methoxy groups -OCH3 is 1. The van der Waals surface area contributed by atoms with Crippen molar-refractivity contribution in [3.63, 3.8) is 0 Å². The molecule has 3 amide bonds. The number of ether oxygens (including phenoxy) is 2. The van der Waals surface area contributed by atoms with Crippen LogP contribution in [0.1, 0.15) is 43.5 Å². The number of carbonyl (C=O) groups excluding carboxylic acids is 3. The summed E-state index contributed by atoms with van der Waals surface area (Å²) in [4.78, 5) is 40.5. The SMILES string of the molecule is COc1ccc(NC(=O)C(c2cc(C)cc(C)c2)N(CC#N)C(=O)C(CO)NC(=O)OC(C)(C)C)cc1. The van der Waals surface area contributed by atoms with Gasteiger partial charge in [0.25, 0.3) is 5.91 Å². The molecule has 0 aliphatic heterocycles. The van der Waals surface area contributed by atoms with Crippen LogP contribution in [0.5, 0.6) is 5.75 Å². The lowest BCUT2D eigenvalue weighted by Crippen LogP contribution is -2.54. The van der Waals surface area contributed by atoms with E-state index in [1.54, 1.807) is 57.2 Å². The molecule has 0 bridgehead atoms. The summed E-state index contributed by atoms with van der Waals surface area (Å²) in [5, 5.41) is 24.6. The van der Waals surface area contributed by atoms with Crippen LogP contribution in [-0.2, 0) is 14.3 Å². The molecule has 10 heteroatoms. The second-order valence-electron chi connectivity index (χ2n) is 9.55. The Kier molecular flexibility index (Phi) is 10.0. The van der Waals surface area contributed by atoms with Gasteiger partial charge >= 0.3 is 6.09 Å². The van der Waals surface area contributed by atoms with E-state index in [4.69, 9.17) is 9.47 Å². The molecule has 2 atom stereocenters. The van der Waals surface area contributed by atoms with Gasteiger partial charge in [-0.2, -0.15) is 5.26 Å². The molecule has 37 heavy (non-hydrogen) atoms. The normalized spacial score (nSPS) is 12.5. The van der Waals surface area contributed by atoms with Crippen LogP contribution < -0.4 is 15.4 Å². The van der Waals surface area contributed by atoms with E-state index < -0.39 is 48.7 Å². The Morgan fingerprint density at radius 3 is 2.16 bits per heavy atom. The number of benzene rings is 2. The van der Waals surface area contributed by atoms with Crippen molar-refractivity contribution in [2.24, 2.45) is 0 Å². The molecule has 0 fully saturated rings. The average molecular weight is 511 g/mol. The van der Waals surface area contributed by atoms with E-state index in [2.05, 4.69) is 10.6 Å². The molecule has 0 aliphatic rings. The first-order chi connectivity index (χ1) is 17.4. The standard InChI is InChI=1S/C27H34N4O6/c1-17-13-18(2)15-19(14-17)23(24(33)29-20-7-9-21(36-6)10-8-20)31(12-11-28)25(34)22(16-32)30-26(35)37-27(3,4)5/h7-10,13-15,22-23,32H,12,16H2,1-6H3,(H,29,33)(H,30,35). The van der Waals surface area contributed by atoms with Gasteiger partial charge in [-0.3, -0.25) is 9.59 Å². The molecular weight excluding hydrogens is 476 g/mol. The highest BCUT2D eigenvalue weighted by atomic mass is 16.6. The third-order valence-electron chi connectivity index (χ3n) is 5.17. The maximum Gasteiger partial charge on any atom is 0.408 e. The number of hydrogen-bond donors (Lipinski definition) is 3. The van der Waals surface area contributed by atoms with Crippen LogP contribution in [0.15, 0.2) is 42.5 Å². The number of aryl methyl sites for hydroxylation is 2. The zero-order valence-electron chi connectivity index (χ0n) is 22.0. The lowest BCUT2D eigenvalue weighted by molar-refractivity contribution is -0.140. The molecule has 3 N–H and O–H groups in total. The molecule has 0 saturated heterocycles. The predicted molar refractivity (Wildman–Crippen MR) is 138 cm³/mol. The minimum absolute atomic E-state index is 0.454. The van der Waals surface area contributed by atoms with Crippen molar-refractivity contribution in [1.29, 1.82) is 5.26 Å². The number of aliphatic hydroxyl groups is 1. The second kappa shape index (κ2) is 12.7. The van der Waals surface area contributed by atoms with Crippen LogP contribution in [0.4, 0.5) is 10.5 Å². The van der Waals surface area contributed by atoms with E-state index in [1.165, 1.54) is 7.11 Å². The number of aliphatic hydroxyl groups excluding tert-OH is 1. The summed E-state index contributed by atoms with van der Waals surface area (Å²) in [5.74, 6) is -0.791. The van der Waals surface area contributed by atoms with Gasteiger partial charge in [0.05, 0.1) is 19.8 Å². The van der Waals surface area contributed by atoms with Gasteiger partial charge in [0.1, 0.15) is 30.0 Å². The average Bonchev–Trinajstić information content (AvgIpc) is 2.80. The third kappa shape index (κ3) is 8.51. The minimum Gasteiger partial charge on any atom is -0.497 e. The van der Waals surface area contributed by atoms with Crippen molar-refractivity contribution >= 4 is 23.6 Å². The van der Waals surface area contributed by atoms with Crippen molar-refractivity contribution in [2.75, 3.05) is 25.6 Å². The number of nitriles is 1. The van der Waals surface area contributed by atoms with E-state index >= 15 is 0 Å². The van der Waals surface area contributed by atoms with Gasteiger partial charge in [-0.05, 0) is 64.4 Å². The highest BCUT2D eigenvalue weighted by Crippen LogP contribution is 2.27. The van der Waals surface area contributed by atoms with Gasteiger partial charge < -0.3 is 30.1 Å². The second-order valence-corrected chi connectivity index (χ2v) is 9.55. The number of carbonyl (C=O) groups is 3. The molecular formula is C27H34N4O6. The zero-order valence-corrected chi connectivity index (χ0v) is 22.0. The summed E-state index contributed by atoms with van der Waals surface area (Å²) in [6.45, 7) is 7.44. The predicted octanol–water partition coefficient (Wildman–Crippen LogP) is 3.23. The van der Waals surface area contributed by atoms with Crippen molar-refractivity contribution in [3.8, 4) is 11.8 Å². The van der Waals surface area contributed by atoms with E-state index in [9.17, 15) is 24.8 Å². The van der Waals surface area contributed by atoms with Crippen LogP contribution in [-0.4, -0.2) is 59.8 Å². The smallest absolute Gasteiger partial charge is 0.408 e. The molecule has 10 nitrogen and oxygen atoms in total. The molecule has 0 saturated carbocycles. The van der Waals surface area contributed by atoms with Crippen molar-refractivity contribution in [2.45, 2.75) is 52.3 Å². The lowest BCUT2D eigenvalue weighted by Gasteiger charge is -2.32. The van der Waals surface area contributed by atoms with Crippen LogP contribution in [0.3, 0.4) is 0 Å². The van der Waals surface area contributed by atoms with Crippen molar-refractivity contribution in [1.82, 2.24) is 10.2 Å². The largest absolute Gasteiger partial charge is 0.497 e. The summed E-state index contributed by atoms with van der Waals surface area (Å²) < 4.78 is 10.3. The van der Waals surface area contributed by atoms with E-state index in [0.717, 1.165) is 16.0 Å². The van der Waals surface area contributed by atoms with Gasteiger partial charge in [0.2, 0.25) is 5.91 Å². The Bertz CT molecular complexity index is 1130. The van der Waals surface area contributed by atoms with Crippen molar-refractivity contribution < 1.29 is 29.0 Å². The number of amides is 3. The van der Waals surface area contributed by atoms with E-state index in [-0.39, 0.29) is 0 Å². The molecule has 0 spiro atoms. The molecule has 2 unspecified atom stereocenters. The van der Waals surface area contributed by atoms with Gasteiger partial charge in [-0.25, -0.2) is 4.79 Å². The molecule has 0 aromatic heterocycles. The highest BCUT2D eigenvalue weighted by Gasteiger charge is 2.36. The fourth-order valence-corrected chi connectivity index (χ4v) is 3.73. The first-order valence-corrected chi connectivity index (χ1v) is 11.7. The number of nitrogens with zero attached hydrogens (tertiary/aromatic N) is 2. The Morgan fingerprint density at radius 1 is 1.08 bits per heavy atom. The Hall–Kier alpha value is -4.10. The highest BCUT2D eigenvalue weighted by molar-refractivity contribution is 5.99. The molecule has 2 aromatic rings. The number of rotatable bonds is 9. The van der Waals surface area contributed by atoms with Crippen LogP contribution in [0.25, 0.3) is 0 Å². The summed E-state index contributed by atoms with van der Waals surface area (Å²) in [5.41, 5.74) is 1.80. The van der Waals surface area contributed by atoms with Gasteiger partial charge in [0.15, 0.2) is 0 Å². The first kappa shape index (κ1) is 29.1. The fourth-order valence-electron chi connectivity index (χ4n) is 3.73. The summed E-state index contributed by atoms with van der Waals surface area (Å²) in [6.07, 6.45) is -0.914. The van der Waals surface area contributed by atoms with E-state index in [0.29, 0.717) is 17.0 Å². The summed E-state index contributed by atoms with van der Waals surface area (Å²) in [6, 6.07) is 11.3. The molecule has 198 valence electrons. The Balaban J connectivity index is 2.48. The maximum absolute atomic E-state index is 13.6. The molecule has 0 heterocycles. The topological polar surface area (TPSA) is 141 Å². The fraction of sp³-hybridized carbons (Fsp3) is 0.407. The monoisotopic (exact) mass is 510 g/mol. The maximum atomic E-state index is 13.6. The number of alkyl carbamates (subject to hydrolysis) is 1. The molecule has 2 rings (SSSR count).